The van der Waals surface area contributed by atoms with Gasteiger partial charge >= 0.3 is 0 Å². The molecule has 0 aromatic heterocycles. The highest BCUT2D eigenvalue weighted by Gasteiger charge is 2.39. The van der Waals surface area contributed by atoms with Crippen molar-refractivity contribution in [1.29, 1.82) is 0 Å². The maximum Gasteiger partial charge on any atom is 0.255 e. The number of piperazine rings is 1. The van der Waals surface area contributed by atoms with Crippen LogP contribution in [0.15, 0.2) is 60.7 Å². The van der Waals surface area contributed by atoms with Gasteiger partial charge in [-0.2, -0.15) is 0 Å². The number of hydrogen-bond donors (Lipinski definition) is 2. The van der Waals surface area contributed by atoms with Gasteiger partial charge in [0.25, 0.3) is 5.91 Å². The fourth-order valence-electron chi connectivity index (χ4n) is 9.76. The summed E-state index contributed by atoms with van der Waals surface area (Å²) in [5, 5.41) is 12.5. The standard InChI is InChI=1S/C43H53N5O4/c1-28(2)23-32-4-3-31-25-36(49)10-12-37(31)41(32)30-5-7-34(8-6-30)46-17-15-29(16-18-46)26-45-19-21-47(22-20-45)35-9-11-38-33(24-35)27-48(43(38)52)39-13-14-40(50)44-42(39)51/h5-12,24-25,28-29,32,39,41,49H,3-4,13-23,26-27H2,1-2H3,(H,44,50,51)/t32-,39?,41+/m1/s1. The number of fused-ring (bicyclic) bond motifs is 2. The van der Waals surface area contributed by atoms with Crippen molar-refractivity contribution >= 4 is 29.1 Å². The molecule has 274 valence electrons. The van der Waals surface area contributed by atoms with Crippen molar-refractivity contribution in [2.75, 3.05) is 55.6 Å². The number of carbonyl (C=O) groups excluding carboxylic acids is 3. The van der Waals surface area contributed by atoms with E-state index in [2.05, 4.69) is 70.3 Å². The smallest absolute Gasteiger partial charge is 0.255 e. The van der Waals surface area contributed by atoms with E-state index in [4.69, 9.17) is 0 Å². The largest absolute Gasteiger partial charge is 0.508 e. The Balaban J connectivity index is 0.825. The summed E-state index contributed by atoms with van der Waals surface area (Å²) in [6.45, 7) is 12.4. The molecule has 5 aliphatic rings. The van der Waals surface area contributed by atoms with Gasteiger partial charge in [-0.3, -0.25) is 24.6 Å². The highest BCUT2D eigenvalue weighted by molar-refractivity contribution is 6.05. The van der Waals surface area contributed by atoms with Crippen LogP contribution in [0.5, 0.6) is 5.75 Å². The molecule has 0 radical (unpaired) electrons. The lowest BCUT2D eigenvalue weighted by atomic mass is 9.69. The Labute approximate surface area is 308 Å². The summed E-state index contributed by atoms with van der Waals surface area (Å²) in [5.74, 6) is 2.00. The molecular formula is C43H53N5O4. The topological polar surface area (TPSA) is 96.4 Å². The Kier molecular flexibility index (Phi) is 9.72. The zero-order valence-corrected chi connectivity index (χ0v) is 30.7. The number of phenols is 1. The summed E-state index contributed by atoms with van der Waals surface area (Å²) in [6.07, 6.45) is 6.51. The molecule has 3 atom stereocenters. The predicted molar refractivity (Wildman–Crippen MR) is 204 cm³/mol. The van der Waals surface area contributed by atoms with Gasteiger partial charge in [-0.15, -0.1) is 0 Å². The van der Waals surface area contributed by atoms with Gasteiger partial charge in [0.05, 0.1) is 0 Å². The van der Waals surface area contributed by atoms with Gasteiger partial charge in [-0.1, -0.05) is 32.0 Å². The second kappa shape index (κ2) is 14.6. The molecule has 9 heteroatoms. The lowest BCUT2D eigenvalue weighted by Crippen LogP contribution is -2.52. The molecule has 3 saturated heterocycles. The molecule has 3 aromatic carbocycles. The molecule has 0 bridgehead atoms. The molecule has 9 nitrogen and oxygen atoms in total. The highest BCUT2D eigenvalue weighted by Crippen LogP contribution is 2.45. The van der Waals surface area contributed by atoms with Crippen LogP contribution in [0.1, 0.15) is 90.9 Å². The van der Waals surface area contributed by atoms with E-state index in [0.29, 0.717) is 48.0 Å². The van der Waals surface area contributed by atoms with Crippen LogP contribution in [0.2, 0.25) is 0 Å². The number of anilines is 2. The molecule has 3 amide bonds. The van der Waals surface area contributed by atoms with E-state index >= 15 is 0 Å². The number of hydrogen-bond acceptors (Lipinski definition) is 7. The highest BCUT2D eigenvalue weighted by atomic mass is 16.3. The third-order valence-corrected chi connectivity index (χ3v) is 12.5. The third-order valence-electron chi connectivity index (χ3n) is 12.5. The monoisotopic (exact) mass is 703 g/mol. The number of carbonyl (C=O) groups is 3. The van der Waals surface area contributed by atoms with Gasteiger partial charge < -0.3 is 19.8 Å². The first kappa shape index (κ1) is 34.7. The van der Waals surface area contributed by atoms with Gasteiger partial charge in [0.15, 0.2) is 0 Å². The van der Waals surface area contributed by atoms with Crippen LogP contribution >= 0.6 is 0 Å². The van der Waals surface area contributed by atoms with E-state index in [1.165, 1.54) is 48.1 Å². The summed E-state index contributed by atoms with van der Waals surface area (Å²) in [5.41, 5.74) is 8.20. The first-order valence-corrected chi connectivity index (χ1v) is 19.6. The van der Waals surface area contributed by atoms with E-state index in [-0.39, 0.29) is 24.1 Å². The number of benzene rings is 3. The molecular weight excluding hydrogens is 651 g/mol. The minimum absolute atomic E-state index is 0.118. The zero-order chi connectivity index (χ0) is 35.9. The number of piperidine rings is 2. The first-order valence-electron chi connectivity index (χ1n) is 19.6. The average molecular weight is 704 g/mol. The van der Waals surface area contributed by atoms with Crippen LogP contribution in [-0.2, 0) is 22.6 Å². The molecule has 4 aliphatic heterocycles. The van der Waals surface area contributed by atoms with Gasteiger partial charge in [-0.05, 0) is 121 Å². The van der Waals surface area contributed by atoms with Crippen molar-refractivity contribution in [2.45, 2.75) is 77.3 Å². The van der Waals surface area contributed by atoms with Gasteiger partial charge in [-0.25, -0.2) is 0 Å². The molecule has 3 fully saturated rings. The molecule has 4 heterocycles. The number of phenolic OH excluding ortho intramolecular Hbond substituents is 1. The lowest BCUT2D eigenvalue weighted by molar-refractivity contribution is -0.136. The Morgan fingerprint density at radius 2 is 1.50 bits per heavy atom. The molecule has 0 spiro atoms. The summed E-state index contributed by atoms with van der Waals surface area (Å²) in [6, 6.07) is 20.9. The SMILES string of the molecule is CC(C)C[C@H]1CCc2cc(O)ccc2[C@H]1c1ccc(N2CCC(CN3CCN(c4ccc5c(c4)CN(C4CCC(=O)NC4=O)C5=O)CC3)CC2)cc1. The van der Waals surface area contributed by atoms with Crippen LogP contribution in [0, 0.1) is 17.8 Å². The van der Waals surface area contributed by atoms with Gasteiger partial charge in [0.2, 0.25) is 11.8 Å². The molecule has 52 heavy (non-hydrogen) atoms. The normalized spacial score (nSPS) is 24.3. The maximum atomic E-state index is 13.1. The number of rotatable bonds is 8. The van der Waals surface area contributed by atoms with Crippen molar-refractivity contribution in [3.05, 3.63) is 88.5 Å². The third kappa shape index (κ3) is 7.04. The fraction of sp³-hybridized carbons (Fsp3) is 0.512. The second-order valence-electron chi connectivity index (χ2n) is 16.3. The average Bonchev–Trinajstić information content (AvgIpc) is 3.47. The van der Waals surface area contributed by atoms with E-state index in [1.807, 2.05) is 24.3 Å². The Hall–Kier alpha value is -4.37. The number of amides is 3. The zero-order valence-electron chi connectivity index (χ0n) is 30.7. The Bertz CT molecular complexity index is 1810. The van der Waals surface area contributed by atoms with Crippen LogP contribution in [0.4, 0.5) is 11.4 Å². The van der Waals surface area contributed by atoms with Gasteiger partial charge in [0.1, 0.15) is 11.8 Å². The Morgan fingerprint density at radius 3 is 2.23 bits per heavy atom. The molecule has 1 unspecified atom stereocenters. The predicted octanol–water partition coefficient (Wildman–Crippen LogP) is 5.93. The van der Waals surface area contributed by atoms with Crippen molar-refractivity contribution < 1.29 is 19.5 Å². The number of nitrogens with zero attached hydrogens (tertiary/aromatic N) is 4. The Morgan fingerprint density at radius 1 is 0.769 bits per heavy atom. The quantitative estimate of drug-likeness (QED) is 0.281. The minimum Gasteiger partial charge on any atom is -0.508 e. The first-order chi connectivity index (χ1) is 25.2. The van der Waals surface area contributed by atoms with E-state index in [1.54, 1.807) is 4.90 Å². The molecule has 1 aliphatic carbocycles. The van der Waals surface area contributed by atoms with Crippen LogP contribution < -0.4 is 15.1 Å². The summed E-state index contributed by atoms with van der Waals surface area (Å²) < 4.78 is 0. The van der Waals surface area contributed by atoms with Gasteiger partial charge in [0, 0.05) is 81.6 Å². The lowest BCUT2D eigenvalue weighted by Gasteiger charge is -2.40. The van der Waals surface area contributed by atoms with Crippen molar-refractivity contribution in [3.8, 4) is 5.75 Å². The summed E-state index contributed by atoms with van der Waals surface area (Å²) >= 11 is 0. The number of imide groups is 1. The van der Waals surface area contributed by atoms with Crippen LogP contribution in [-0.4, -0.2) is 84.5 Å². The second-order valence-corrected chi connectivity index (χ2v) is 16.3. The van der Waals surface area contributed by atoms with Crippen molar-refractivity contribution in [3.63, 3.8) is 0 Å². The molecule has 0 saturated carbocycles. The van der Waals surface area contributed by atoms with E-state index < -0.39 is 6.04 Å². The fourth-order valence-corrected chi connectivity index (χ4v) is 9.76. The van der Waals surface area contributed by atoms with Crippen molar-refractivity contribution in [1.82, 2.24) is 15.1 Å². The number of nitrogens with one attached hydrogen (secondary N) is 1. The number of aromatic hydroxyl groups is 1. The van der Waals surface area contributed by atoms with Crippen molar-refractivity contribution in [2.24, 2.45) is 17.8 Å². The van der Waals surface area contributed by atoms with Crippen LogP contribution in [0.3, 0.4) is 0 Å². The molecule has 2 N–H and O–H groups in total. The summed E-state index contributed by atoms with van der Waals surface area (Å²) in [7, 11) is 0. The van der Waals surface area contributed by atoms with E-state index in [0.717, 1.165) is 63.5 Å². The minimum atomic E-state index is -0.581. The van der Waals surface area contributed by atoms with E-state index in [9.17, 15) is 19.5 Å². The molecule has 3 aromatic rings. The maximum absolute atomic E-state index is 13.1. The molecule has 8 rings (SSSR count). The number of aryl methyl sites for hydroxylation is 1. The summed E-state index contributed by atoms with van der Waals surface area (Å²) in [4.78, 5) is 46.4. The van der Waals surface area contributed by atoms with Crippen LogP contribution in [0.25, 0.3) is 0 Å².